The number of ether oxygens (including phenoxy) is 1. The quantitative estimate of drug-likeness (QED) is 0.749. The number of ketones is 1. The lowest BCUT2D eigenvalue weighted by Gasteiger charge is -2.25. The summed E-state index contributed by atoms with van der Waals surface area (Å²) in [7, 11) is 0. The molecule has 102 valence electrons. The van der Waals surface area contributed by atoms with Gasteiger partial charge in [-0.2, -0.15) is 0 Å². The highest BCUT2D eigenvalue weighted by Gasteiger charge is 2.27. The molecule has 2 heteroatoms. The Balaban J connectivity index is 1.76. The lowest BCUT2D eigenvalue weighted by Crippen LogP contribution is -2.21. The second-order valence-corrected chi connectivity index (χ2v) is 6.28. The van der Waals surface area contributed by atoms with Gasteiger partial charge in [-0.25, -0.2) is 0 Å². The number of carbonyl (C=O) groups excluding carboxylic acids is 1. The van der Waals surface area contributed by atoms with Crippen molar-refractivity contribution in [1.29, 1.82) is 0 Å². The van der Waals surface area contributed by atoms with Gasteiger partial charge in [-0.1, -0.05) is 19.8 Å². The molecular weight excluding hydrogens is 236 g/mol. The highest BCUT2D eigenvalue weighted by Crippen LogP contribution is 2.33. The van der Waals surface area contributed by atoms with E-state index in [9.17, 15) is 4.79 Å². The molecule has 1 aliphatic heterocycles. The Morgan fingerprint density at radius 3 is 2.63 bits per heavy atom. The Labute approximate surface area is 115 Å². The van der Waals surface area contributed by atoms with Crippen LogP contribution in [0.15, 0.2) is 18.2 Å². The SMILES string of the molecule is CC1CCC(C(=O)c2ccc3c(c2)CC(C)O3)CC1. The molecule has 1 aromatic carbocycles. The average molecular weight is 258 g/mol. The van der Waals surface area contributed by atoms with Crippen LogP contribution in [-0.4, -0.2) is 11.9 Å². The van der Waals surface area contributed by atoms with Crippen LogP contribution in [0, 0.1) is 11.8 Å². The molecule has 0 amide bonds. The van der Waals surface area contributed by atoms with Crippen LogP contribution in [0.2, 0.25) is 0 Å². The van der Waals surface area contributed by atoms with Crippen molar-refractivity contribution in [3.8, 4) is 5.75 Å². The van der Waals surface area contributed by atoms with Gasteiger partial charge in [0.1, 0.15) is 11.9 Å². The molecule has 1 unspecified atom stereocenters. The molecule has 1 heterocycles. The lowest BCUT2D eigenvalue weighted by atomic mass is 9.79. The summed E-state index contributed by atoms with van der Waals surface area (Å²) in [6, 6.07) is 5.97. The van der Waals surface area contributed by atoms with Gasteiger partial charge >= 0.3 is 0 Å². The second kappa shape index (κ2) is 4.99. The zero-order valence-electron chi connectivity index (χ0n) is 11.8. The number of hydrogen-bond acceptors (Lipinski definition) is 2. The fourth-order valence-electron chi connectivity index (χ4n) is 3.33. The van der Waals surface area contributed by atoms with Gasteiger partial charge in [0.25, 0.3) is 0 Å². The molecule has 0 radical (unpaired) electrons. The maximum atomic E-state index is 12.5. The van der Waals surface area contributed by atoms with Crippen LogP contribution in [0.4, 0.5) is 0 Å². The van der Waals surface area contributed by atoms with E-state index in [0.29, 0.717) is 5.78 Å². The molecule has 0 bridgehead atoms. The number of Topliss-reactive ketones (excluding diaryl/α,β-unsaturated/α-hetero) is 1. The summed E-state index contributed by atoms with van der Waals surface area (Å²) in [5, 5.41) is 0. The van der Waals surface area contributed by atoms with E-state index < -0.39 is 0 Å². The largest absolute Gasteiger partial charge is 0.490 e. The number of hydrogen-bond donors (Lipinski definition) is 0. The van der Waals surface area contributed by atoms with E-state index in [1.165, 1.54) is 18.4 Å². The Morgan fingerprint density at radius 2 is 1.89 bits per heavy atom. The van der Waals surface area contributed by atoms with Crippen LogP contribution in [-0.2, 0) is 6.42 Å². The maximum absolute atomic E-state index is 12.5. The van der Waals surface area contributed by atoms with E-state index >= 15 is 0 Å². The van der Waals surface area contributed by atoms with E-state index in [0.717, 1.165) is 36.5 Å². The Hall–Kier alpha value is -1.31. The fourth-order valence-corrected chi connectivity index (χ4v) is 3.33. The third-order valence-electron chi connectivity index (χ3n) is 4.57. The number of carbonyl (C=O) groups is 1. The molecule has 1 atom stereocenters. The molecule has 1 fully saturated rings. The van der Waals surface area contributed by atoms with Crippen molar-refractivity contribution >= 4 is 5.78 Å². The van der Waals surface area contributed by atoms with E-state index in [-0.39, 0.29) is 12.0 Å². The first-order chi connectivity index (χ1) is 9.13. The van der Waals surface area contributed by atoms with Crippen LogP contribution < -0.4 is 4.74 Å². The summed E-state index contributed by atoms with van der Waals surface area (Å²) in [6.07, 6.45) is 5.69. The van der Waals surface area contributed by atoms with Gasteiger partial charge in [0.2, 0.25) is 0 Å². The van der Waals surface area contributed by atoms with E-state index in [1.54, 1.807) is 0 Å². The zero-order chi connectivity index (χ0) is 13.4. The van der Waals surface area contributed by atoms with Crippen molar-refractivity contribution in [2.24, 2.45) is 11.8 Å². The smallest absolute Gasteiger partial charge is 0.165 e. The number of rotatable bonds is 2. The lowest BCUT2D eigenvalue weighted by molar-refractivity contribution is 0.0875. The first-order valence-corrected chi connectivity index (χ1v) is 7.47. The highest BCUT2D eigenvalue weighted by molar-refractivity contribution is 5.98. The standard InChI is InChI=1S/C17H22O2/c1-11-3-5-13(6-4-11)17(18)14-7-8-16-15(10-14)9-12(2)19-16/h7-8,10-13H,3-6,9H2,1-2H3. The fraction of sp³-hybridized carbons (Fsp3) is 0.588. The van der Waals surface area contributed by atoms with E-state index in [2.05, 4.69) is 19.9 Å². The van der Waals surface area contributed by atoms with Crippen LogP contribution >= 0.6 is 0 Å². The Bertz CT molecular complexity index is 484. The molecule has 2 nitrogen and oxygen atoms in total. The molecular formula is C17H22O2. The van der Waals surface area contributed by atoms with Crippen molar-refractivity contribution < 1.29 is 9.53 Å². The zero-order valence-corrected chi connectivity index (χ0v) is 11.8. The summed E-state index contributed by atoms with van der Waals surface area (Å²) in [6.45, 7) is 4.36. The van der Waals surface area contributed by atoms with Crippen LogP contribution in [0.5, 0.6) is 5.75 Å². The number of benzene rings is 1. The topological polar surface area (TPSA) is 26.3 Å². The maximum Gasteiger partial charge on any atom is 0.165 e. The summed E-state index contributed by atoms with van der Waals surface area (Å²) in [4.78, 5) is 12.5. The van der Waals surface area contributed by atoms with Gasteiger partial charge in [0.15, 0.2) is 5.78 Å². The summed E-state index contributed by atoms with van der Waals surface area (Å²) in [5.41, 5.74) is 2.08. The van der Waals surface area contributed by atoms with Gasteiger partial charge in [0.05, 0.1) is 0 Å². The summed E-state index contributed by atoms with van der Waals surface area (Å²) in [5.74, 6) is 2.34. The molecule has 1 aliphatic carbocycles. The third-order valence-corrected chi connectivity index (χ3v) is 4.57. The molecule has 0 spiro atoms. The van der Waals surface area contributed by atoms with Crippen molar-refractivity contribution in [1.82, 2.24) is 0 Å². The first-order valence-electron chi connectivity index (χ1n) is 7.47. The molecule has 0 N–H and O–H groups in total. The predicted molar refractivity (Wildman–Crippen MR) is 75.7 cm³/mol. The van der Waals surface area contributed by atoms with Crippen molar-refractivity contribution in [2.45, 2.75) is 52.1 Å². The van der Waals surface area contributed by atoms with Gasteiger partial charge < -0.3 is 4.74 Å². The first kappa shape index (κ1) is 12.7. The normalized spacial score (nSPS) is 29.7. The molecule has 1 saturated carbocycles. The van der Waals surface area contributed by atoms with Gasteiger partial charge in [-0.05, 0) is 49.4 Å². The van der Waals surface area contributed by atoms with Crippen LogP contribution in [0.3, 0.4) is 0 Å². The van der Waals surface area contributed by atoms with Crippen molar-refractivity contribution in [2.75, 3.05) is 0 Å². The molecule has 3 rings (SSSR count). The van der Waals surface area contributed by atoms with Gasteiger partial charge in [0, 0.05) is 17.9 Å². The molecule has 2 aliphatic rings. The third kappa shape index (κ3) is 2.54. The Morgan fingerprint density at radius 1 is 1.16 bits per heavy atom. The molecule has 0 aromatic heterocycles. The minimum absolute atomic E-state index is 0.244. The van der Waals surface area contributed by atoms with E-state index in [1.807, 2.05) is 12.1 Å². The Kier molecular flexibility index (Phi) is 3.34. The monoisotopic (exact) mass is 258 g/mol. The van der Waals surface area contributed by atoms with E-state index in [4.69, 9.17) is 4.74 Å². The minimum Gasteiger partial charge on any atom is -0.490 e. The molecule has 0 saturated heterocycles. The average Bonchev–Trinajstić information content (AvgIpc) is 2.77. The van der Waals surface area contributed by atoms with Gasteiger partial charge in [-0.3, -0.25) is 4.79 Å². The van der Waals surface area contributed by atoms with Crippen molar-refractivity contribution in [3.63, 3.8) is 0 Å². The molecule has 1 aromatic rings. The minimum atomic E-state index is 0.244. The second-order valence-electron chi connectivity index (χ2n) is 6.28. The van der Waals surface area contributed by atoms with Crippen molar-refractivity contribution in [3.05, 3.63) is 29.3 Å². The summed E-state index contributed by atoms with van der Waals surface area (Å²) < 4.78 is 5.69. The molecule has 19 heavy (non-hydrogen) atoms. The highest BCUT2D eigenvalue weighted by atomic mass is 16.5. The summed E-state index contributed by atoms with van der Waals surface area (Å²) >= 11 is 0. The van der Waals surface area contributed by atoms with Crippen LogP contribution in [0.1, 0.15) is 55.5 Å². The predicted octanol–water partition coefficient (Wildman–Crippen LogP) is 4.02. The van der Waals surface area contributed by atoms with Crippen LogP contribution in [0.25, 0.3) is 0 Å². The van der Waals surface area contributed by atoms with Gasteiger partial charge in [-0.15, -0.1) is 0 Å². The number of fused-ring (bicyclic) bond motifs is 1.